The first-order chi connectivity index (χ1) is 12.3. The Morgan fingerprint density at radius 3 is 2.76 bits per heavy atom. The van der Waals surface area contributed by atoms with E-state index in [1.807, 2.05) is 4.90 Å². The Morgan fingerprint density at radius 1 is 1.20 bits per heavy atom. The summed E-state index contributed by atoms with van der Waals surface area (Å²) in [7, 11) is 0. The molecule has 2 aliphatic rings. The lowest BCUT2D eigenvalue weighted by Crippen LogP contribution is -2.48. The van der Waals surface area contributed by atoms with E-state index in [-0.39, 0.29) is 5.91 Å². The third kappa shape index (κ3) is 5.01. The molecule has 1 aliphatic heterocycles. The molecule has 1 aromatic heterocycles. The van der Waals surface area contributed by atoms with Crippen LogP contribution < -0.4 is 5.32 Å². The van der Waals surface area contributed by atoms with Crippen molar-refractivity contribution >= 4 is 11.7 Å². The average molecular weight is 343 g/mol. The zero-order valence-electron chi connectivity index (χ0n) is 15.2. The second-order valence-electron chi connectivity index (χ2n) is 6.80. The molecule has 1 aromatic rings. The quantitative estimate of drug-likeness (QED) is 0.805. The van der Waals surface area contributed by atoms with Gasteiger partial charge in [0, 0.05) is 38.8 Å². The number of carbonyl (C=O) groups excluding carboxylic acids is 1. The molecule has 0 saturated carbocycles. The molecule has 2 heterocycles. The number of nitrogens with zero attached hydrogens (tertiary/aromatic N) is 4. The van der Waals surface area contributed by atoms with Crippen LogP contribution in [0.4, 0.5) is 5.82 Å². The van der Waals surface area contributed by atoms with Gasteiger partial charge in [0.05, 0.1) is 0 Å². The summed E-state index contributed by atoms with van der Waals surface area (Å²) >= 11 is 0. The summed E-state index contributed by atoms with van der Waals surface area (Å²) < 4.78 is 0. The van der Waals surface area contributed by atoms with Crippen LogP contribution in [0.5, 0.6) is 0 Å². The molecule has 3 rings (SSSR count). The lowest BCUT2D eigenvalue weighted by atomic mass is 9.97. The van der Waals surface area contributed by atoms with E-state index in [9.17, 15) is 4.79 Å². The Morgan fingerprint density at radius 2 is 2.04 bits per heavy atom. The molecule has 0 radical (unpaired) electrons. The Balaban J connectivity index is 1.52. The van der Waals surface area contributed by atoms with Crippen LogP contribution >= 0.6 is 0 Å². The van der Waals surface area contributed by atoms with Gasteiger partial charge in [0.25, 0.3) is 5.91 Å². The molecule has 25 heavy (non-hydrogen) atoms. The third-order valence-electron chi connectivity index (χ3n) is 5.13. The number of hydrogen-bond donors (Lipinski definition) is 1. The fourth-order valence-corrected chi connectivity index (χ4v) is 3.48. The highest BCUT2D eigenvalue weighted by Gasteiger charge is 2.22. The molecule has 0 bridgehead atoms. The van der Waals surface area contributed by atoms with Crippen molar-refractivity contribution < 1.29 is 4.79 Å². The molecule has 0 atom stereocenters. The maximum absolute atomic E-state index is 12.6. The molecule has 1 N–H and O–H groups in total. The normalized spacial score (nSPS) is 18.8. The molecular formula is C19H29N5O. The number of hydrogen-bond acceptors (Lipinski definition) is 5. The second kappa shape index (κ2) is 8.94. The van der Waals surface area contributed by atoms with Crippen LogP contribution in [0.15, 0.2) is 24.0 Å². The number of amides is 1. The highest BCUT2D eigenvalue weighted by Crippen LogP contribution is 2.20. The van der Waals surface area contributed by atoms with Gasteiger partial charge in [-0.2, -0.15) is 0 Å². The minimum atomic E-state index is 0.0104. The van der Waals surface area contributed by atoms with Crippen molar-refractivity contribution in [1.29, 1.82) is 0 Å². The monoisotopic (exact) mass is 343 g/mol. The molecule has 0 unspecified atom stereocenters. The zero-order valence-corrected chi connectivity index (χ0v) is 15.2. The zero-order chi connectivity index (χ0) is 17.5. The lowest BCUT2D eigenvalue weighted by molar-refractivity contribution is 0.0637. The summed E-state index contributed by atoms with van der Waals surface area (Å²) in [5, 5.41) is 3.34. The van der Waals surface area contributed by atoms with Gasteiger partial charge in [-0.1, -0.05) is 18.6 Å². The summed E-state index contributed by atoms with van der Waals surface area (Å²) in [6.07, 6.45) is 9.97. The topological polar surface area (TPSA) is 61.4 Å². The van der Waals surface area contributed by atoms with E-state index >= 15 is 0 Å². The van der Waals surface area contributed by atoms with Gasteiger partial charge in [0.15, 0.2) is 0 Å². The van der Waals surface area contributed by atoms with E-state index in [0.29, 0.717) is 5.69 Å². The Bertz CT molecular complexity index is 608. The predicted molar refractivity (Wildman–Crippen MR) is 99.7 cm³/mol. The number of anilines is 1. The van der Waals surface area contributed by atoms with Crippen LogP contribution in [0.3, 0.4) is 0 Å². The van der Waals surface area contributed by atoms with Crippen LogP contribution in [-0.2, 0) is 0 Å². The minimum Gasteiger partial charge on any atom is -0.370 e. The van der Waals surface area contributed by atoms with Crippen molar-refractivity contribution in [2.75, 3.05) is 44.6 Å². The first-order valence-electron chi connectivity index (χ1n) is 9.51. The van der Waals surface area contributed by atoms with Gasteiger partial charge >= 0.3 is 0 Å². The molecule has 1 amide bonds. The lowest BCUT2D eigenvalue weighted by Gasteiger charge is -2.33. The Kier molecular flexibility index (Phi) is 6.39. The van der Waals surface area contributed by atoms with E-state index in [1.165, 1.54) is 37.6 Å². The van der Waals surface area contributed by atoms with Gasteiger partial charge in [0.2, 0.25) is 0 Å². The van der Waals surface area contributed by atoms with Crippen LogP contribution in [0, 0.1) is 0 Å². The SMILES string of the molecule is CCN1CCN(C(=O)c2cc(NCCC3=CCCCC3)ncn2)CC1. The van der Waals surface area contributed by atoms with E-state index < -0.39 is 0 Å². The number of aromatic nitrogens is 2. The standard InChI is InChI=1S/C19H29N5O/c1-2-23-10-12-24(13-11-23)19(25)17-14-18(22-15-21-17)20-9-8-16-6-4-3-5-7-16/h6,14-15H,2-5,7-13H2,1H3,(H,20,21,22). The molecule has 0 aromatic carbocycles. The molecule has 136 valence electrons. The van der Waals surface area contributed by atoms with Gasteiger partial charge in [-0.15, -0.1) is 0 Å². The number of carbonyl (C=O) groups is 1. The van der Waals surface area contributed by atoms with Crippen molar-refractivity contribution in [3.05, 3.63) is 29.7 Å². The molecule has 1 aliphatic carbocycles. The van der Waals surface area contributed by atoms with Crippen molar-refractivity contribution in [2.45, 2.75) is 39.0 Å². The van der Waals surface area contributed by atoms with E-state index in [0.717, 1.165) is 51.5 Å². The number of piperazine rings is 1. The van der Waals surface area contributed by atoms with Crippen molar-refractivity contribution in [1.82, 2.24) is 19.8 Å². The molecule has 1 saturated heterocycles. The Labute approximate surface area is 150 Å². The van der Waals surface area contributed by atoms with Crippen molar-refractivity contribution in [3.63, 3.8) is 0 Å². The smallest absolute Gasteiger partial charge is 0.272 e. The number of rotatable bonds is 6. The summed E-state index contributed by atoms with van der Waals surface area (Å²) in [6.45, 7) is 7.47. The second-order valence-corrected chi connectivity index (χ2v) is 6.80. The van der Waals surface area contributed by atoms with Gasteiger partial charge < -0.3 is 15.1 Å². The molecule has 6 nitrogen and oxygen atoms in total. The van der Waals surface area contributed by atoms with E-state index in [2.05, 4.69) is 33.2 Å². The summed E-state index contributed by atoms with van der Waals surface area (Å²) in [4.78, 5) is 25.3. The fraction of sp³-hybridized carbons (Fsp3) is 0.632. The van der Waals surface area contributed by atoms with Crippen LogP contribution in [0.25, 0.3) is 0 Å². The van der Waals surface area contributed by atoms with Crippen molar-refractivity contribution in [2.24, 2.45) is 0 Å². The van der Waals surface area contributed by atoms with Crippen LogP contribution in [0.1, 0.15) is 49.5 Å². The molecule has 0 spiro atoms. The largest absolute Gasteiger partial charge is 0.370 e. The third-order valence-corrected chi connectivity index (χ3v) is 5.13. The number of nitrogens with one attached hydrogen (secondary N) is 1. The first kappa shape index (κ1) is 17.9. The van der Waals surface area contributed by atoms with E-state index in [1.54, 1.807) is 6.07 Å². The molecular weight excluding hydrogens is 314 g/mol. The highest BCUT2D eigenvalue weighted by molar-refractivity contribution is 5.93. The summed E-state index contributed by atoms with van der Waals surface area (Å²) in [5.41, 5.74) is 2.03. The summed E-state index contributed by atoms with van der Waals surface area (Å²) in [5.74, 6) is 0.748. The van der Waals surface area contributed by atoms with Crippen LogP contribution in [0.2, 0.25) is 0 Å². The molecule has 1 fully saturated rings. The van der Waals surface area contributed by atoms with Gasteiger partial charge in [0.1, 0.15) is 17.8 Å². The maximum Gasteiger partial charge on any atom is 0.272 e. The van der Waals surface area contributed by atoms with Crippen molar-refractivity contribution in [3.8, 4) is 0 Å². The Hall–Kier alpha value is -1.95. The average Bonchev–Trinajstić information content (AvgIpc) is 2.68. The van der Waals surface area contributed by atoms with Gasteiger partial charge in [-0.3, -0.25) is 4.79 Å². The maximum atomic E-state index is 12.6. The van der Waals surface area contributed by atoms with Gasteiger partial charge in [-0.05, 0) is 38.6 Å². The fourth-order valence-electron chi connectivity index (χ4n) is 3.48. The number of allylic oxidation sites excluding steroid dienone is 1. The number of likely N-dealkylation sites (N-methyl/N-ethyl adjacent to an activating group) is 1. The van der Waals surface area contributed by atoms with Crippen LogP contribution in [-0.4, -0.2) is 64.9 Å². The molecule has 6 heteroatoms. The van der Waals surface area contributed by atoms with Gasteiger partial charge in [-0.25, -0.2) is 9.97 Å². The minimum absolute atomic E-state index is 0.0104. The van der Waals surface area contributed by atoms with E-state index in [4.69, 9.17) is 0 Å². The first-order valence-corrected chi connectivity index (χ1v) is 9.51. The highest BCUT2D eigenvalue weighted by atomic mass is 16.2. The predicted octanol–water partition coefficient (Wildman–Crippen LogP) is 2.56. The summed E-state index contributed by atoms with van der Waals surface area (Å²) in [6, 6.07) is 1.78.